The normalized spacial score (nSPS) is 17.3. The Morgan fingerprint density at radius 3 is 2.81 bits per heavy atom. The van der Waals surface area contributed by atoms with Crippen LogP contribution in [0.4, 0.5) is 17.5 Å². The molecule has 0 spiro atoms. The predicted molar refractivity (Wildman–Crippen MR) is 138 cm³/mol. The molecule has 37 heavy (non-hydrogen) atoms. The van der Waals surface area contributed by atoms with Crippen LogP contribution in [0.25, 0.3) is 22.0 Å². The van der Waals surface area contributed by atoms with E-state index in [1.807, 2.05) is 25.1 Å². The number of amides is 1. The van der Waals surface area contributed by atoms with Gasteiger partial charge in [0.05, 0.1) is 11.7 Å². The van der Waals surface area contributed by atoms with Gasteiger partial charge in [0, 0.05) is 60.7 Å². The van der Waals surface area contributed by atoms with Crippen LogP contribution in [-0.4, -0.2) is 68.4 Å². The largest absolute Gasteiger partial charge is 0.486 e. The molecule has 0 fully saturated rings. The first kappa shape index (κ1) is 23.0. The fourth-order valence-corrected chi connectivity index (χ4v) is 4.54. The van der Waals surface area contributed by atoms with Crippen LogP contribution in [0.1, 0.15) is 11.3 Å². The third-order valence-corrected chi connectivity index (χ3v) is 6.68. The number of carbonyl (C=O) groups is 1. The van der Waals surface area contributed by atoms with Crippen molar-refractivity contribution in [3.05, 3.63) is 41.9 Å². The molecule has 1 atom stereocenters. The van der Waals surface area contributed by atoms with Crippen molar-refractivity contribution in [2.45, 2.75) is 25.9 Å². The van der Waals surface area contributed by atoms with Crippen LogP contribution in [0, 0.1) is 6.92 Å². The zero-order valence-electron chi connectivity index (χ0n) is 20.6. The fraction of sp³-hybridized carbons (Fsp3) is 0.320. The van der Waals surface area contributed by atoms with Crippen LogP contribution < -0.4 is 26.3 Å². The molecule has 5 N–H and O–H groups in total. The summed E-state index contributed by atoms with van der Waals surface area (Å²) in [6.45, 7) is 3.50. The smallest absolute Gasteiger partial charge is 0.257 e. The summed E-state index contributed by atoms with van der Waals surface area (Å²) in [6.07, 6.45) is 4.13. The number of anilines is 3. The number of ether oxygens (including phenoxy) is 2. The average molecular weight is 502 g/mol. The summed E-state index contributed by atoms with van der Waals surface area (Å²) in [4.78, 5) is 27.5. The molecule has 2 aliphatic rings. The first-order chi connectivity index (χ1) is 17.9. The molecule has 6 rings (SSSR count). The second-order valence-electron chi connectivity index (χ2n) is 9.37. The van der Waals surface area contributed by atoms with Crippen molar-refractivity contribution < 1.29 is 14.3 Å². The molecule has 0 unspecified atom stereocenters. The minimum absolute atomic E-state index is 0.0372. The summed E-state index contributed by atoms with van der Waals surface area (Å²) >= 11 is 0. The number of likely N-dealkylation sites (N-methyl/N-ethyl adjacent to an activating group) is 1. The molecule has 0 aromatic carbocycles. The van der Waals surface area contributed by atoms with E-state index in [4.69, 9.17) is 20.9 Å². The van der Waals surface area contributed by atoms with Crippen molar-refractivity contribution in [1.29, 1.82) is 0 Å². The molecular weight excluding hydrogens is 474 g/mol. The lowest BCUT2D eigenvalue weighted by Gasteiger charge is -2.14. The van der Waals surface area contributed by atoms with Gasteiger partial charge in [-0.1, -0.05) is 0 Å². The van der Waals surface area contributed by atoms with Crippen LogP contribution in [0.3, 0.4) is 0 Å². The van der Waals surface area contributed by atoms with Gasteiger partial charge in [0.1, 0.15) is 31.4 Å². The second kappa shape index (κ2) is 8.89. The average Bonchev–Trinajstić information content (AvgIpc) is 3.05. The van der Waals surface area contributed by atoms with Gasteiger partial charge in [0.25, 0.3) is 5.88 Å². The number of pyridine rings is 3. The highest BCUT2D eigenvalue weighted by Crippen LogP contribution is 2.38. The van der Waals surface area contributed by atoms with Crippen molar-refractivity contribution in [3.8, 4) is 22.9 Å². The summed E-state index contributed by atoms with van der Waals surface area (Å²) in [5.74, 6) is 2.61. The second-order valence-corrected chi connectivity index (χ2v) is 9.37. The Balaban J connectivity index is 1.32. The van der Waals surface area contributed by atoms with Crippen LogP contribution in [0.2, 0.25) is 0 Å². The van der Waals surface area contributed by atoms with E-state index in [0.717, 1.165) is 34.0 Å². The number of nitrogen functional groups attached to an aromatic ring is 1. The third kappa shape index (κ3) is 4.25. The van der Waals surface area contributed by atoms with E-state index in [1.54, 1.807) is 29.0 Å². The lowest BCUT2D eigenvalue weighted by molar-refractivity contribution is -0.130. The lowest BCUT2D eigenvalue weighted by Crippen LogP contribution is -2.32. The first-order valence-electron chi connectivity index (χ1n) is 12.0. The van der Waals surface area contributed by atoms with E-state index in [9.17, 15) is 4.79 Å². The standard InChI is InChI=1S/C25H27N9O3/c1-13-17(8-29-25-23(13)36-11-15(26)12-37-25)19-5-14-6-20(28-9-18(14)24(27)30-19)31-21-7-16-3-4-33(2)22(35)10-34(16)32-21/h5-9,15H,3-4,10-12,26H2,1-2H3,(H2,27,30)(H,28,31,32)/t15-/m0/s1. The Bertz CT molecular complexity index is 1530. The molecule has 12 heteroatoms. The molecule has 4 aromatic rings. The van der Waals surface area contributed by atoms with Crippen LogP contribution in [-0.2, 0) is 17.8 Å². The van der Waals surface area contributed by atoms with E-state index < -0.39 is 0 Å². The highest BCUT2D eigenvalue weighted by Gasteiger charge is 2.22. The van der Waals surface area contributed by atoms with Gasteiger partial charge < -0.3 is 31.2 Å². The zero-order valence-corrected chi connectivity index (χ0v) is 20.6. The van der Waals surface area contributed by atoms with Crippen molar-refractivity contribution in [3.63, 3.8) is 0 Å². The summed E-state index contributed by atoms with van der Waals surface area (Å²) < 4.78 is 13.3. The molecule has 0 bridgehead atoms. The molecule has 0 aliphatic carbocycles. The van der Waals surface area contributed by atoms with Crippen molar-refractivity contribution in [2.75, 3.05) is 37.9 Å². The predicted octanol–water partition coefficient (Wildman–Crippen LogP) is 1.64. The van der Waals surface area contributed by atoms with Crippen LogP contribution >= 0.6 is 0 Å². The summed E-state index contributed by atoms with van der Waals surface area (Å²) in [5.41, 5.74) is 15.6. The molecule has 1 amide bonds. The molecule has 0 radical (unpaired) electrons. The quantitative estimate of drug-likeness (QED) is 0.376. The number of aromatic nitrogens is 5. The van der Waals surface area contributed by atoms with Gasteiger partial charge >= 0.3 is 0 Å². The molecule has 2 aliphatic heterocycles. The van der Waals surface area contributed by atoms with Gasteiger partial charge in [-0.05, 0) is 24.4 Å². The number of nitrogens with two attached hydrogens (primary N) is 2. The highest BCUT2D eigenvalue weighted by atomic mass is 16.5. The molecule has 12 nitrogen and oxygen atoms in total. The van der Waals surface area contributed by atoms with Gasteiger partial charge in [-0.3, -0.25) is 9.48 Å². The first-order valence-corrected chi connectivity index (χ1v) is 12.0. The molecule has 6 heterocycles. The molecule has 0 saturated carbocycles. The van der Waals surface area contributed by atoms with Gasteiger partial charge in [-0.2, -0.15) is 5.10 Å². The van der Waals surface area contributed by atoms with Crippen molar-refractivity contribution in [2.24, 2.45) is 5.73 Å². The molecule has 0 saturated heterocycles. The van der Waals surface area contributed by atoms with Crippen molar-refractivity contribution in [1.82, 2.24) is 29.6 Å². The maximum atomic E-state index is 12.2. The van der Waals surface area contributed by atoms with E-state index in [-0.39, 0.29) is 18.5 Å². The minimum Gasteiger partial charge on any atom is -0.486 e. The number of nitrogens with zero attached hydrogens (tertiary/aromatic N) is 6. The maximum Gasteiger partial charge on any atom is 0.257 e. The monoisotopic (exact) mass is 501 g/mol. The van der Waals surface area contributed by atoms with E-state index in [2.05, 4.69) is 25.4 Å². The van der Waals surface area contributed by atoms with Gasteiger partial charge in [0.15, 0.2) is 11.6 Å². The van der Waals surface area contributed by atoms with Crippen LogP contribution in [0.5, 0.6) is 11.6 Å². The SMILES string of the molecule is Cc1c(-c2cc3cc(Nc4cc5n(n4)CC(=O)N(C)CC5)ncc3c(N)n2)cnc2c1OC[C@H](N)CO2. The highest BCUT2D eigenvalue weighted by molar-refractivity contribution is 5.95. The Kier molecular flexibility index (Phi) is 5.52. The van der Waals surface area contributed by atoms with E-state index in [0.29, 0.717) is 54.5 Å². The number of nitrogens with one attached hydrogen (secondary N) is 1. The number of fused-ring (bicyclic) bond motifs is 3. The Labute approximate surface area is 212 Å². The van der Waals surface area contributed by atoms with E-state index in [1.165, 1.54) is 0 Å². The Hall–Kier alpha value is -4.45. The Morgan fingerprint density at radius 1 is 1.11 bits per heavy atom. The molecule has 4 aromatic heterocycles. The van der Waals surface area contributed by atoms with Gasteiger partial charge in [0.2, 0.25) is 5.91 Å². The summed E-state index contributed by atoms with van der Waals surface area (Å²) in [6, 6.07) is 5.56. The van der Waals surface area contributed by atoms with Gasteiger partial charge in [-0.15, -0.1) is 0 Å². The van der Waals surface area contributed by atoms with E-state index >= 15 is 0 Å². The zero-order chi connectivity index (χ0) is 25.7. The summed E-state index contributed by atoms with van der Waals surface area (Å²) in [7, 11) is 1.81. The number of carbonyl (C=O) groups excluding carboxylic acids is 1. The Morgan fingerprint density at radius 2 is 1.95 bits per heavy atom. The fourth-order valence-electron chi connectivity index (χ4n) is 4.54. The minimum atomic E-state index is -0.225. The molecule has 190 valence electrons. The maximum absolute atomic E-state index is 12.2. The van der Waals surface area contributed by atoms with Crippen LogP contribution in [0.15, 0.2) is 30.6 Å². The topological polar surface area (TPSA) is 159 Å². The van der Waals surface area contributed by atoms with Crippen molar-refractivity contribution >= 4 is 34.1 Å². The molecular formula is C25H27N9O3. The number of hydrogen-bond acceptors (Lipinski definition) is 10. The lowest BCUT2D eigenvalue weighted by atomic mass is 10.0. The number of rotatable bonds is 3. The van der Waals surface area contributed by atoms with Gasteiger partial charge in [-0.25, -0.2) is 15.0 Å². The number of hydrogen-bond donors (Lipinski definition) is 3. The third-order valence-electron chi connectivity index (χ3n) is 6.68. The summed E-state index contributed by atoms with van der Waals surface area (Å²) in [5, 5.41) is 9.39.